The van der Waals surface area contributed by atoms with E-state index in [1.54, 1.807) is 5.19 Å². The molecular weight excluding hydrogens is 296 g/mol. The molecular formula is C21H36OSi. The van der Waals surface area contributed by atoms with Crippen LogP contribution in [-0.4, -0.2) is 20.8 Å². The van der Waals surface area contributed by atoms with Crippen molar-refractivity contribution in [3.8, 4) is 0 Å². The van der Waals surface area contributed by atoms with Crippen molar-refractivity contribution >= 4 is 13.3 Å². The monoisotopic (exact) mass is 332 g/mol. The summed E-state index contributed by atoms with van der Waals surface area (Å²) < 4.78 is 6.35. The molecule has 2 rings (SSSR count). The van der Waals surface area contributed by atoms with Crippen molar-refractivity contribution in [3.05, 3.63) is 30.3 Å². The molecule has 0 aromatic heterocycles. The van der Waals surface area contributed by atoms with Gasteiger partial charge < -0.3 is 4.74 Å². The second kappa shape index (κ2) is 9.03. The molecule has 23 heavy (non-hydrogen) atoms. The molecule has 0 bridgehead atoms. The lowest BCUT2D eigenvalue weighted by Crippen LogP contribution is -2.50. The van der Waals surface area contributed by atoms with E-state index >= 15 is 0 Å². The van der Waals surface area contributed by atoms with E-state index in [-0.39, 0.29) is 0 Å². The van der Waals surface area contributed by atoms with Gasteiger partial charge in [-0.05, 0) is 24.3 Å². The molecule has 1 aliphatic rings. The molecule has 0 amide bonds. The molecule has 1 unspecified atom stereocenters. The standard InChI is InChI=1S/C21H36OSi/c1-5-7-10-13-18-17-22-20(16-8-6-2)21(18)23(3,4)19-14-11-9-12-15-19/h9,11-12,14-15,18,20-21H,5-8,10,13,16-17H2,1-4H3/t18?,20-,21+/m1/s1. The fourth-order valence-electron chi connectivity index (χ4n) is 4.46. The van der Waals surface area contributed by atoms with Crippen molar-refractivity contribution in [1.29, 1.82) is 0 Å². The van der Waals surface area contributed by atoms with Gasteiger partial charge in [-0.15, -0.1) is 0 Å². The molecule has 0 radical (unpaired) electrons. The van der Waals surface area contributed by atoms with E-state index in [4.69, 9.17) is 4.74 Å². The molecule has 0 spiro atoms. The van der Waals surface area contributed by atoms with Crippen LogP contribution in [0.25, 0.3) is 0 Å². The molecule has 3 atom stereocenters. The Labute approximate surface area is 144 Å². The van der Waals surface area contributed by atoms with Crippen LogP contribution in [0.2, 0.25) is 18.6 Å². The number of hydrogen-bond donors (Lipinski definition) is 0. The van der Waals surface area contributed by atoms with Gasteiger partial charge in [0.25, 0.3) is 0 Å². The molecule has 1 fully saturated rings. The molecule has 1 nitrogen and oxygen atoms in total. The highest BCUT2D eigenvalue weighted by Gasteiger charge is 2.47. The number of unbranched alkanes of at least 4 members (excludes halogenated alkanes) is 3. The van der Waals surface area contributed by atoms with E-state index in [1.807, 2.05) is 0 Å². The topological polar surface area (TPSA) is 9.23 Å². The van der Waals surface area contributed by atoms with Crippen LogP contribution in [0.5, 0.6) is 0 Å². The largest absolute Gasteiger partial charge is 0.378 e. The van der Waals surface area contributed by atoms with Crippen molar-refractivity contribution in [2.75, 3.05) is 6.61 Å². The Bertz CT molecular complexity index is 442. The van der Waals surface area contributed by atoms with Gasteiger partial charge in [-0.2, -0.15) is 0 Å². The van der Waals surface area contributed by atoms with Crippen LogP contribution in [0.4, 0.5) is 0 Å². The van der Waals surface area contributed by atoms with Crippen molar-refractivity contribution in [2.45, 2.75) is 83.5 Å². The number of benzene rings is 1. The average molecular weight is 333 g/mol. The predicted molar refractivity (Wildman–Crippen MR) is 104 cm³/mol. The minimum atomic E-state index is -1.51. The lowest BCUT2D eigenvalue weighted by molar-refractivity contribution is 0.0972. The molecule has 1 saturated heterocycles. The second-order valence-corrected chi connectivity index (χ2v) is 12.6. The van der Waals surface area contributed by atoms with Gasteiger partial charge in [0.2, 0.25) is 0 Å². The van der Waals surface area contributed by atoms with Gasteiger partial charge in [0.1, 0.15) is 0 Å². The first-order chi connectivity index (χ1) is 11.1. The summed E-state index contributed by atoms with van der Waals surface area (Å²) >= 11 is 0. The first kappa shape index (κ1) is 18.7. The summed E-state index contributed by atoms with van der Waals surface area (Å²) in [5.41, 5.74) is 0.785. The minimum absolute atomic E-state index is 0.503. The van der Waals surface area contributed by atoms with Crippen LogP contribution in [0.15, 0.2) is 30.3 Å². The third-order valence-corrected chi connectivity index (χ3v) is 10.1. The van der Waals surface area contributed by atoms with Gasteiger partial charge in [-0.1, -0.05) is 94.6 Å². The Morgan fingerprint density at radius 3 is 2.30 bits per heavy atom. The van der Waals surface area contributed by atoms with E-state index in [0.717, 1.165) is 18.1 Å². The van der Waals surface area contributed by atoms with Gasteiger partial charge in [0.05, 0.1) is 14.2 Å². The van der Waals surface area contributed by atoms with Crippen molar-refractivity contribution in [3.63, 3.8) is 0 Å². The smallest absolute Gasteiger partial charge is 0.0865 e. The Hall–Kier alpha value is -0.603. The lowest BCUT2D eigenvalue weighted by Gasteiger charge is -2.37. The SMILES string of the molecule is CCCCCC1CO[C@H](CCCC)[C@H]1[Si](C)(C)c1ccccc1. The Morgan fingerprint density at radius 2 is 1.65 bits per heavy atom. The molecule has 0 saturated carbocycles. The van der Waals surface area contributed by atoms with Crippen molar-refractivity contribution < 1.29 is 4.74 Å². The second-order valence-electron chi connectivity index (χ2n) is 7.88. The molecule has 1 heterocycles. The molecule has 2 heteroatoms. The first-order valence-electron chi connectivity index (χ1n) is 9.78. The van der Waals surface area contributed by atoms with Gasteiger partial charge in [-0.25, -0.2) is 0 Å². The Morgan fingerprint density at radius 1 is 0.957 bits per heavy atom. The van der Waals surface area contributed by atoms with Gasteiger partial charge in [0.15, 0.2) is 0 Å². The molecule has 1 aliphatic heterocycles. The summed E-state index contributed by atoms with van der Waals surface area (Å²) in [5.74, 6) is 0.783. The third kappa shape index (κ3) is 4.70. The molecule has 0 aliphatic carbocycles. The maximum Gasteiger partial charge on any atom is 0.0865 e. The van der Waals surface area contributed by atoms with E-state index < -0.39 is 8.07 Å². The zero-order valence-electron chi connectivity index (χ0n) is 15.7. The summed E-state index contributed by atoms with van der Waals surface area (Å²) in [4.78, 5) is 0. The summed E-state index contributed by atoms with van der Waals surface area (Å²) in [6.07, 6.45) is 9.78. The van der Waals surface area contributed by atoms with E-state index in [1.165, 1.54) is 44.9 Å². The number of ether oxygens (including phenoxy) is 1. The fraction of sp³-hybridized carbons (Fsp3) is 0.714. The summed E-state index contributed by atoms with van der Waals surface area (Å²) in [5, 5.41) is 1.61. The highest BCUT2D eigenvalue weighted by atomic mass is 28.3. The quantitative estimate of drug-likeness (QED) is 0.413. The van der Waals surface area contributed by atoms with E-state index in [0.29, 0.717) is 6.10 Å². The maximum absolute atomic E-state index is 6.35. The normalized spacial score (nSPS) is 25.0. The van der Waals surface area contributed by atoms with Gasteiger partial charge in [0, 0.05) is 6.61 Å². The van der Waals surface area contributed by atoms with Crippen LogP contribution in [0, 0.1) is 5.92 Å². The maximum atomic E-state index is 6.35. The Balaban J connectivity index is 2.18. The first-order valence-corrected chi connectivity index (χ1v) is 12.9. The van der Waals surface area contributed by atoms with Crippen LogP contribution in [0.3, 0.4) is 0 Å². The average Bonchev–Trinajstić information content (AvgIpc) is 2.97. The van der Waals surface area contributed by atoms with E-state index in [2.05, 4.69) is 57.3 Å². The highest BCUT2D eigenvalue weighted by Crippen LogP contribution is 2.44. The Kier molecular flexibility index (Phi) is 7.35. The van der Waals surface area contributed by atoms with Crippen LogP contribution in [-0.2, 0) is 4.74 Å². The molecule has 1 aromatic carbocycles. The zero-order valence-corrected chi connectivity index (χ0v) is 16.7. The zero-order chi connectivity index (χ0) is 16.7. The highest BCUT2D eigenvalue weighted by molar-refractivity contribution is 6.91. The van der Waals surface area contributed by atoms with E-state index in [9.17, 15) is 0 Å². The molecule has 0 N–H and O–H groups in total. The van der Waals surface area contributed by atoms with Crippen LogP contribution >= 0.6 is 0 Å². The van der Waals surface area contributed by atoms with Crippen LogP contribution in [0.1, 0.15) is 58.8 Å². The van der Waals surface area contributed by atoms with Gasteiger partial charge in [-0.3, -0.25) is 0 Å². The summed E-state index contributed by atoms with van der Waals surface area (Å²) in [6.45, 7) is 10.8. The fourth-order valence-corrected chi connectivity index (χ4v) is 8.53. The van der Waals surface area contributed by atoms with Gasteiger partial charge >= 0.3 is 0 Å². The third-order valence-electron chi connectivity index (χ3n) is 5.80. The minimum Gasteiger partial charge on any atom is -0.378 e. The van der Waals surface area contributed by atoms with Crippen molar-refractivity contribution in [2.24, 2.45) is 5.92 Å². The summed E-state index contributed by atoms with van der Waals surface area (Å²) in [6, 6.07) is 11.3. The van der Waals surface area contributed by atoms with Crippen molar-refractivity contribution in [1.82, 2.24) is 0 Å². The summed E-state index contributed by atoms with van der Waals surface area (Å²) in [7, 11) is -1.51. The lowest BCUT2D eigenvalue weighted by atomic mass is 9.96. The number of rotatable bonds is 9. The number of hydrogen-bond acceptors (Lipinski definition) is 1. The molecule has 130 valence electrons. The predicted octanol–water partition coefficient (Wildman–Crippen LogP) is 5.76. The van der Waals surface area contributed by atoms with Crippen LogP contribution < -0.4 is 5.19 Å². The molecule has 1 aromatic rings.